The zero-order chi connectivity index (χ0) is 15.6. The summed E-state index contributed by atoms with van der Waals surface area (Å²) < 4.78 is 1.68. The molecule has 1 aromatic carbocycles. The molecule has 2 rings (SSSR count). The smallest absolute Gasteiger partial charge is 0.103 e. The zero-order valence-electron chi connectivity index (χ0n) is 12.1. The molecule has 0 spiro atoms. The first kappa shape index (κ1) is 16.6. The van der Waals surface area contributed by atoms with Crippen molar-refractivity contribution in [3.8, 4) is 5.69 Å². The molecule has 0 radical (unpaired) electrons. The first-order valence-corrected chi connectivity index (χ1v) is 7.89. The lowest BCUT2D eigenvalue weighted by Crippen LogP contribution is -2.20. The fourth-order valence-corrected chi connectivity index (χ4v) is 2.72. The minimum absolute atomic E-state index is 0.125. The Labute approximate surface area is 139 Å². The molecule has 0 saturated heterocycles. The summed E-state index contributed by atoms with van der Waals surface area (Å²) >= 11 is 18.2. The van der Waals surface area contributed by atoms with E-state index in [4.69, 9.17) is 34.8 Å². The normalized spacial score (nSPS) is 12.7. The second kappa shape index (κ2) is 6.97. The third-order valence-electron chi connectivity index (χ3n) is 3.26. The first-order valence-electron chi connectivity index (χ1n) is 6.76. The van der Waals surface area contributed by atoms with E-state index in [0.717, 1.165) is 24.4 Å². The van der Waals surface area contributed by atoms with Gasteiger partial charge in [-0.3, -0.25) is 0 Å². The summed E-state index contributed by atoms with van der Waals surface area (Å²) in [5, 5.41) is 13.2. The number of hydrogen-bond acceptors (Lipinski definition) is 3. The maximum Gasteiger partial charge on any atom is 0.103 e. The van der Waals surface area contributed by atoms with Gasteiger partial charge < -0.3 is 5.32 Å². The standard InChI is InChI=1S/C14H17Cl3N4/c1-4-5-18-8(2)14-9(3)21(20-19-14)13-7-11(16)10(15)6-12(13)17/h6-8,18H,4-5H2,1-3H3. The van der Waals surface area contributed by atoms with Crippen molar-refractivity contribution in [3.63, 3.8) is 0 Å². The van der Waals surface area contributed by atoms with E-state index in [2.05, 4.69) is 29.5 Å². The van der Waals surface area contributed by atoms with Crippen LogP contribution >= 0.6 is 34.8 Å². The van der Waals surface area contributed by atoms with Gasteiger partial charge in [0.25, 0.3) is 0 Å². The fraction of sp³-hybridized carbons (Fsp3) is 0.429. The van der Waals surface area contributed by atoms with Gasteiger partial charge in [0.1, 0.15) is 5.69 Å². The molecule has 2 aromatic rings. The van der Waals surface area contributed by atoms with Crippen LogP contribution in [0.2, 0.25) is 15.1 Å². The fourth-order valence-electron chi connectivity index (χ4n) is 2.10. The molecule has 4 nitrogen and oxygen atoms in total. The van der Waals surface area contributed by atoms with Crippen LogP contribution in [0.15, 0.2) is 12.1 Å². The van der Waals surface area contributed by atoms with Crippen molar-refractivity contribution in [2.45, 2.75) is 33.2 Å². The van der Waals surface area contributed by atoms with E-state index in [-0.39, 0.29) is 6.04 Å². The molecule has 0 aliphatic heterocycles. The maximum absolute atomic E-state index is 6.23. The molecule has 21 heavy (non-hydrogen) atoms. The highest BCUT2D eigenvalue weighted by molar-refractivity contribution is 6.43. The number of benzene rings is 1. The molecule has 1 unspecified atom stereocenters. The van der Waals surface area contributed by atoms with Crippen LogP contribution in [0.5, 0.6) is 0 Å². The Hall–Kier alpha value is -0.810. The van der Waals surface area contributed by atoms with Crippen molar-refractivity contribution >= 4 is 34.8 Å². The second-order valence-corrected chi connectivity index (χ2v) is 6.09. The summed E-state index contributed by atoms with van der Waals surface area (Å²) in [6.45, 7) is 7.08. The number of hydrogen-bond donors (Lipinski definition) is 1. The minimum atomic E-state index is 0.125. The van der Waals surface area contributed by atoms with Crippen LogP contribution in [-0.2, 0) is 0 Å². The van der Waals surface area contributed by atoms with E-state index in [0.29, 0.717) is 20.8 Å². The van der Waals surface area contributed by atoms with Gasteiger partial charge in [0, 0.05) is 0 Å². The van der Waals surface area contributed by atoms with Gasteiger partial charge in [0.05, 0.1) is 32.5 Å². The number of rotatable bonds is 5. The molecule has 0 bridgehead atoms. The van der Waals surface area contributed by atoms with Crippen molar-refractivity contribution in [1.29, 1.82) is 0 Å². The Balaban J connectivity index is 2.38. The summed E-state index contributed by atoms with van der Waals surface area (Å²) in [5.41, 5.74) is 2.49. The van der Waals surface area contributed by atoms with E-state index >= 15 is 0 Å². The van der Waals surface area contributed by atoms with Crippen LogP contribution in [0, 0.1) is 6.92 Å². The highest BCUT2D eigenvalue weighted by Gasteiger charge is 2.18. The Morgan fingerprint density at radius 2 is 1.86 bits per heavy atom. The Morgan fingerprint density at radius 1 is 1.19 bits per heavy atom. The Kier molecular flexibility index (Phi) is 5.49. The summed E-state index contributed by atoms with van der Waals surface area (Å²) in [5.74, 6) is 0. The molecular formula is C14H17Cl3N4. The number of nitrogens with zero attached hydrogens (tertiary/aromatic N) is 3. The minimum Gasteiger partial charge on any atom is -0.309 e. The van der Waals surface area contributed by atoms with Crippen LogP contribution < -0.4 is 5.32 Å². The lowest BCUT2D eigenvalue weighted by Gasteiger charge is -2.12. The highest BCUT2D eigenvalue weighted by atomic mass is 35.5. The summed E-state index contributed by atoms with van der Waals surface area (Å²) in [6, 6.07) is 3.43. The molecule has 0 saturated carbocycles. The van der Waals surface area contributed by atoms with Gasteiger partial charge in [-0.2, -0.15) is 0 Å². The number of aromatic nitrogens is 3. The SMILES string of the molecule is CCCNC(C)c1nnn(-c2cc(Cl)c(Cl)cc2Cl)c1C. The van der Waals surface area contributed by atoms with E-state index in [1.807, 2.05) is 6.92 Å². The van der Waals surface area contributed by atoms with E-state index in [1.54, 1.807) is 16.8 Å². The quantitative estimate of drug-likeness (QED) is 0.804. The summed E-state index contributed by atoms with van der Waals surface area (Å²) in [4.78, 5) is 0. The highest BCUT2D eigenvalue weighted by Crippen LogP contribution is 2.32. The van der Waals surface area contributed by atoms with Crippen LogP contribution in [0.3, 0.4) is 0 Å². The third-order valence-corrected chi connectivity index (χ3v) is 4.28. The van der Waals surface area contributed by atoms with Crippen molar-refractivity contribution in [2.24, 2.45) is 0 Å². The molecule has 114 valence electrons. The topological polar surface area (TPSA) is 42.7 Å². The maximum atomic E-state index is 6.23. The molecule has 0 aliphatic rings. The van der Waals surface area contributed by atoms with Gasteiger partial charge in [-0.1, -0.05) is 46.9 Å². The van der Waals surface area contributed by atoms with Crippen molar-refractivity contribution < 1.29 is 0 Å². The van der Waals surface area contributed by atoms with Gasteiger partial charge in [0.15, 0.2) is 0 Å². The summed E-state index contributed by atoms with van der Waals surface area (Å²) in [6.07, 6.45) is 1.07. The molecular weight excluding hydrogens is 331 g/mol. The Morgan fingerprint density at radius 3 is 2.52 bits per heavy atom. The van der Waals surface area contributed by atoms with Crippen LogP contribution in [0.1, 0.15) is 37.7 Å². The van der Waals surface area contributed by atoms with Crippen molar-refractivity contribution in [3.05, 3.63) is 38.6 Å². The molecule has 7 heteroatoms. The average molecular weight is 348 g/mol. The Bertz CT molecular complexity index is 639. The van der Waals surface area contributed by atoms with Crippen molar-refractivity contribution in [1.82, 2.24) is 20.3 Å². The number of nitrogens with one attached hydrogen (secondary N) is 1. The predicted molar refractivity (Wildman–Crippen MR) is 87.8 cm³/mol. The molecule has 1 aromatic heterocycles. The van der Waals surface area contributed by atoms with Gasteiger partial charge in [-0.15, -0.1) is 5.10 Å². The molecule has 0 fully saturated rings. The average Bonchev–Trinajstić information content (AvgIpc) is 2.82. The largest absolute Gasteiger partial charge is 0.309 e. The van der Waals surface area contributed by atoms with Gasteiger partial charge in [0.2, 0.25) is 0 Å². The van der Waals surface area contributed by atoms with E-state index in [1.165, 1.54) is 0 Å². The van der Waals surface area contributed by atoms with E-state index in [9.17, 15) is 0 Å². The van der Waals surface area contributed by atoms with Crippen molar-refractivity contribution in [2.75, 3.05) is 6.54 Å². The van der Waals surface area contributed by atoms with Gasteiger partial charge >= 0.3 is 0 Å². The molecule has 1 N–H and O–H groups in total. The van der Waals surface area contributed by atoms with Crippen LogP contribution in [0.25, 0.3) is 5.69 Å². The number of halogens is 3. The monoisotopic (exact) mass is 346 g/mol. The lowest BCUT2D eigenvalue weighted by atomic mass is 10.2. The molecule has 1 heterocycles. The second-order valence-electron chi connectivity index (χ2n) is 4.87. The van der Waals surface area contributed by atoms with Gasteiger partial charge in [-0.25, -0.2) is 4.68 Å². The first-order chi connectivity index (χ1) is 9.95. The molecule has 0 amide bonds. The van der Waals surface area contributed by atoms with Gasteiger partial charge in [-0.05, 0) is 38.9 Å². The third kappa shape index (κ3) is 3.51. The predicted octanol–water partition coefficient (Wildman–Crippen LogP) is 4.60. The molecule has 0 aliphatic carbocycles. The molecule has 1 atom stereocenters. The van der Waals surface area contributed by atoms with E-state index < -0.39 is 0 Å². The van der Waals surface area contributed by atoms with Crippen LogP contribution in [-0.4, -0.2) is 21.5 Å². The summed E-state index contributed by atoms with van der Waals surface area (Å²) in [7, 11) is 0. The zero-order valence-corrected chi connectivity index (χ0v) is 14.4. The lowest BCUT2D eigenvalue weighted by molar-refractivity contribution is 0.555. The van der Waals surface area contributed by atoms with Crippen LogP contribution in [0.4, 0.5) is 0 Å².